The van der Waals surface area contributed by atoms with E-state index in [4.69, 9.17) is 4.74 Å². The Morgan fingerprint density at radius 1 is 1.17 bits per heavy atom. The number of ether oxygens (including phenoxy) is 1. The largest absolute Gasteiger partial charge is 0.372 e. The normalized spacial score (nSPS) is 24.4. The van der Waals surface area contributed by atoms with Crippen molar-refractivity contribution in [1.29, 1.82) is 0 Å². The minimum absolute atomic E-state index is 0.0297. The maximum absolute atomic E-state index is 14.0. The van der Waals surface area contributed by atoms with Crippen molar-refractivity contribution < 1.29 is 13.5 Å². The Morgan fingerprint density at radius 2 is 1.78 bits per heavy atom. The maximum Gasteiger partial charge on any atom is 0.182 e. The molecule has 1 aliphatic heterocycles. The van der Waals surface area contributed by atoms with Crippen molar-refractivity contribution in [2.75, 3.05) is 18.0 Å². The van der Waals surface area contributed by atoms with Gasteiger partial charge in [0, 0.05) is 13.1 Å². The molecule has 1 aromatic carbocycles. The monoisotopic (exact) mass is 255 g/mol. The zero-order chi connectivity index (χ0) is 13.3. The number of hydrogen-bond donors (Lipinski definition) is 0. The summed E-state index contributed by atoms with van der Waals surface area (Å²) in [4.78, 5) is 1.86. The van der Waals surface area contributed by atoms with Crippen molar-refractivity contribution in [1.82, 2.24) is 0 Å². The van der Waals surface area contributed by atoms with E-state index < -0.39 is 11.6 Å². The van der Waals surface area contributed by atoms with E-state index >= 15 is 0 Å². The van der Waals surface area contributed by atoms with E-state index in [1.807, 2.05) is 25.7 Å². The lowest BCUT2D eigenvalue weighted by atomic mass is 10.1. The van der Waals surface area contributed by atoms with Crippen molar-refractivity contribution in [3.8, 4) is 0 Å². The summed E-state index contributed by atoms with van der Waals surface area (Å²) in [6, 6.07) is 3.33. The van der Waals surface area contributed by atoms with Gasteiger partial charge in [0.25, 0.3) is 0 Å². The van der Waals surface area contributed by atoms with Gasteiger partial charge in [0.15, 0.2) is 11.6 Å². The van der Waals surface area contributed by atoms with Gasteiger partial charge in [0.2, 0.25) is 0 Å². The van der Waals surface area contributed by atoms with Crippen LogP contribution in [0, 0.1) is 11.6 Å². The molecule has 2 rings (SSSR count). The number of rotatable bonds is 2. The van der Waals surface area contributed by atoms with Gasteiger partial charge in [-0.1, -0.05) is 13.0 Å². The van der Waals surface area contributed by atoms with Gasteiger partial charge in [0.05, 0.1) is 17.9 Å². The van der Waals surface area contributed by atoms with Crippen molar-refractivity contribution in [3.63, 3.8) is 0 Å². The third kappa shape index (κ3) is 2.48. The molecule has 0 aromatic heterocycles. The molecule has 100 valence electrons. The lowest BCUT2D eigenvalue weighted by molar-refractivity contribution is -0.00543. The first kappa shape index (κ1) is 13.3. The first-order valence-corrected chi connectivity index (χ1v) is 6.40. The summed E-state index contributed by atoms with van der Waals surface area (Å²) in [7, 11) is 0. The molecular weight excluding hydrogens is 236 g/mol. The van der Waals surface area contributed by atoms with E-state index in [0.29, 0.717) is 30.8 Å². The number of anilines is 1. The summed E-state index contributed by atoms with van der Waals surface area (Å²) in [5, 5.41) is 0. The van der Waals surface area contributed by atoms with Gasteiger partial charge in [-0.2, -0.15) is 0 Å². The first-order valence-electron chi connectivity index (χ1n) is 6.40. The van der Waals surface area contributed by atoms with Gasteiger partial charge >= 0.3 is 0 Å². The third-order valence-corrected chi connectivity index (χ3v) is 3.28. The molecule has 1 aliphatic rings. The zero-order valence-electron chi connectivity index (χ0n) is 11.0. The number of halogens is 2. The number of nitrogens with zero attached hydrogens (tertiary/aromatic N) is 1. The molecule has 0 bridgehead atoms. The second-order valence-corrected chi connectivity index (χ2v) is 4.89. The van der Waals surface area contributed by atoms with Crippen LogP contribution in [0.25, 0.3) is 0 Å². The SMILES string of the molecule is CCc1ccc(N2C[C@@H](C)O[C@@H](C)C2)c(F)c1F. The van der Waals surface area contributed by atoms with Gasteiger partial charge in [-0.05, 0) is 31.9 Å². The van der Waals surface area contributed by atoms with E-state index in [-0.39, 0.29) is 12.2 Å². The van der Waals surface area contributed by atoms with Crippen LogP contribution < -0.4 is 4.90 Å². The summed E-state index contributed by atoms with van der Waals surface area (Å²) >= 11 is 0. The quantitative estimate of drug-likeness (QED) is 0.805. The highest BCUT2D eigenvalue weighted by Gasteiger charge is 2.25. The van der Waals surface area contributed by atoms with Crippen LogP contribution in [0.1, 0.15) is 26.3 Å². The van der Waals surface area contributed by atoms with Crippen molar-refractivity contribution in [2.45, 2.75) is 39.4 Å². The third-order valence-electron chi connectivity index (χ3n) is 3.28. The summed E-state index contributed by atoms with van der Waals surface area (Å²) < 4.78 is 33.4. The fraction of sp³-hybridized carbons (Fsp3) is 0.571. The van der Waals surface area contributed by atoms with Gasteiger partial charge in [0.1, 0.15) is 0 Å². The Balaban J connectivity index is 2.30. The van der Waals surface area contributed by atoms with Gasteiger partial charge in [-0.25, -0.2) is 8.78 Å². The maximum atomic E-state index is 14.0. The van der Waals surface area contributed by atoms with E-state index in [1.165, 1.54) is 0 Å². The Kier molecular flexibility index (Phi) is 3.85. The van der Waals surface area contributed by atoms with Crippen LogP contribution in [-0.2, 0) is 11.2 Å². The molecule has 0 saturated carbocycles. The molecular formula is C14H19F2NO. The number of hydrogen-bond acceptors (Lipinski definition) is 2. The molecule has 1 fully saturated rings. The van der Waals surface area contributed by atoms with E-state index in [0.717, 1.165) is 0 Å². The van der Waals surface area contributed by atoms with Crippen LogP contribution in [-0.4, -0.2) is 25.3 Å². The lowest BCUT2D eigenvalue weighted by Gasteiger charge is -2.37. The topological polar surface area (TPSA) is 12.5 Å². The molecule has 0 unspecified atom stereocenters. The van der Waals surface area contributed by atoms with Crippen LogP contribution in [0.5, 0.6) is 0 Å². The molecule has 18 heavy (non-hydrogen) atoms. The van der Waals surface area contributed by atoms with Gasteiger partial charge in [-0.15, -0.1) is 0 Å². The van der Waals surface area contributed by atoms with Gasteiger partial charge < -0.3 is 9.64 Å². The Labute approximate surface area is 107 Å². The van der Waals surface area contributed by atoms with Crippen molar-refractivity contribution in [3.05, 3.63) is 29.3 Å². The second kappa shape index (κ2) is 5.22. The molecule has 4 heteroatoms. The fourth-order valence-electron chi connectivity index (χ4n) is 2.47. The predicted octanol–water partition coefficient (Wildman–Crippen LogP) is 3.14. The Morgan fingerprint density at radius 3 is 2.33 bits per heavy atom. The van der Waals surface area contributed by atoms with Gasteiger partial charge in [-0.3, -0.25) is 0 Å². The number of aryl methyl sites for hydroxylation is 1. The second-order valence-electron chi connectivity index (χ2n) is 4.89. The summed E-state index contributed by atoms with van der Waals surface area (Å²) in [5.74, 6) is -1.46. The number of morpholine rings is 1. The average Bonchev–Trinajstić information content (AvgIpc) is 2.31. The highest BCUT2D eigenvalue weighted by molar-refractivity contribution is 5.50. The minimum Gasteiger partial charge on any atom is -0.372 e. The highest BCUT2D eigenvalue weighted by Crippen LogP contribution is 2.27. The average molecular weight is 255 g/mol. The van der Waals surface area contributed by atoms with Crippen molar-refractivity contribution >= 4 is 5.69 Å². The van der Waals surface area contributed by atoms with Crippen LogP contribution in [0.4, 0.5) is 14.5 Å². The molecule has 0 aliphatic carbocycles. The predicted molar refractivity (Wildman–Crippen MR) is 68.0 cm³/mol. The Hall–Kier alpha value is -1.16. The Bertz CT molecular complexity index is 426. The minimum atomic E-state index is -0.740. The first-order chi connectivity index (χ1) is 8.52. The molecule has 0 radical (unpaired) electrons. The van der Waals surface area contributed by atoms with Crippen LogP contribution >= 0.6 is 0 Å². The van der Waals surface area contributed by atoms with Crippen LogP contribution in [0.2, 0.25) is 0 Å². The summed E-state index contributed by atoms with van der Waals surface area (Å²) in [5.41, 5.74) is 0.761. The van der Waals surface area contributed by atoms with E-state index in [2.05, 4.69) is 0 Å². The van der Waals surface area contributed by atoms with Crippen LogP contribution in [0.3, 0.4) is 0 Å². The molecule has 0 amide bonds. The summed E-state index contributed by atoms with van der Waals surface area (Å²) in [6.07, 6.45) is 0.558. The molecule has 2 atom stereocenters. The molecule has 0 N–H and O–H groups in total. The van der Waals surface area contributed by atoms with Crippen LogP contribution in [0.15, 0.2) is 12.1 Å². The molecule has 1 heterocycles. The lowest BCUT2D eigenvalue weighted by Crippen LogP contribution is -2.45. The smallest absolute Gasteiger partial charge is 0.182 e. The van der Waals surface area contributed by atoms with E-state index in [1.54, 1.807) is 12.1 Å². The molecule has 2 nitrogen and oxygen atoms in total. The molecule has 1 aromatic rings. The summed E-state index contributed by atoms with van der Waals surface area (Å²) in [6.45, 7) is 6.88. The van der Waals surface area contributed by atoms with Crippen molar-refractivity contribution in [2.24, 2.45) is 0 Å². The van der Waals surface area contributed by atoms with E-state index in [9.17, 15) is 8.78 Å². The number of benzene rings is 1. The fourth-order valence-corrected chi connectivity index (χ4v) is 2.47. The molecule has 0 spiro atoms. The zero-order valence-corrected chi connectivity index (χ0v) is 11.0. The standard InChI is InChI=1S/C14H19F2NO/c1-4-11-5-6-12(14(16)13(11)15)17-7-9(2)18-10(3)8-17/h5-6,9-10H,4,7-8H2,1-3H3/t9-,10+. The highest BCUT2D eigenvalue weighted by atomic mass is 19.2. The molecule has 1 saturated heterocycles.